The van der Waals surface area contributed by atoms with E-state index in [1.165, 1.54) is 98.5 Å². The van der Waals surface area contributed by atoms with E-state index in [1.54, 1.807) is 0 Å². The van der Waals surface area contributed by atoms with Crippen molar-refractivity contribution in [3.05, 3.63) is 317 Å². The Balaban J connectivity index is 0.970. The number of anilines is 3. The lowest BCUT2D eigenvalue weighted by atomic mass is 9.66. The second-order valence-corrected chi connectivity index (χ2v) is 21.3. The molecule has 3 heteroatoms. The summed E-state index contributed by atoms with van der Waals surface area (Å²) in [5.41, 5.74) is 21.9. The van der Waals surface area contributed by atoms with Gasteiger partial charge in [0.2, 0.25) is 0 Å². The summed E-state index contributed by atoms with van der Waals surface area (Å²) >= 11 is 1.89. The number of rotatable bonds is 5. The first-order chi connectivity index (χ1) is 37.2. The summed E-state index contributed by atoms with van der Waals surface area (Å²) < 4.78 is 6.79. The first-order valence-corrected chi connectivity index (χ1v) is 26.7. The summed E-state index contributed by atoms with van der Waals surface area (Å²) in [5.74, 6) is 1.77. The van der Waals surface area contributed by atoms with E-state index in [-0.39, 0.29) is 0 Å². The summed E-state index contributed by atoms with van der Waals surface area (Å²) in [7, 11) is 0. The normalized spacial score (nSPS) is 14.1. The molecule has 0 saturated carbocycles. The zero-order valence-electron chi connectivity index (χ0n) is 40.7. The molecule has 350 valence electrons. The van der Waals surface area contributed by atoms with Crippen LogP contribution in [0.2, 0.25) is 0 Å². The van der Waals surface area contributed by atoms with Gasteiger partial charge >= 0.3 is 0 Å². The largest absolute Gasteiger partial charge is 0.457 e. The maximum absolute atomic E-state index is 6.79. The van der Waals surface area contributed by atoms with Gasteiger partial charge in [-0.3, -0.25) is 0 Å². The lowest BCUT2D eigenvalue weighted by Gasteiger charge is -2.40. The number of benzene rings is 12. The van der Waals surface area contributed by atoms with Crippen molar-refractivity contribution in [2.24, 2.45) is 0 Å². The van der Waals surface area contributed by atoms with Gasteiger partial charge in [0.05, 0.1) is 16.5 Å². The highest BCUT2D eigenvalue weighted by atomic mass is 32.2. The third-order valence-corrected chi connectivity index (χ3v) is 17.7. The van der Waals surface area contributed by atoms with Gasteiger partial charge in [0.15, 0.2) is 0 Å². The SMILES string of the molecule is c1ccc(-c2ccc(-c3ccc(N(c4ccc5c(c4)C4(c6ccccc6Oc6ccccc64)c4ccccc4-5)c4cccc5c4-c4cc6ccccc6cc4C54c5ccccc5Sc5ccccc54)cc3)cc2)cc1. The second-order valence-electron chi connectivity index (χ2n) is 20.2. The van der Waals surface area contributed by atoms with Gasteiger partial charge in [-0.2, -0.15) is 0 Å². The van der Waals surface area contributed by atoms with Crippen molar-refractivity contribution in [1.82, 2.24) is 0 Å². The monoisotopic (exact) mass is 971 g/mol. The first kappa shape index (κ1) is 42.4. The molecule has 2 nitrogen and oxygen atoms in total. The lowest BCUT2D eigenvalue weighted by molar-refractivity contribution is 0.436. The molecule has 12 aromatic carbocycles. The standard InChI is InChI=1S/C72H45NOS/c1-2-17-46(18-3-1)47-33-35-48(36-34-47)49-37-39-52(40-38-49)73(53-41-42-55-54-21-6-7-22-57(54)71(64(55)45-53)58-23-8-12-29-66(58)74-67-30-13-9-24-59(67)71)65-28-16-27-62-70(65)56-43-50-19-4-5-20-51(50)44-63(56)72(62)60-25-10-14-31-68(60)75-69-32-15-11-26-61(69)72/h1-45H. The molecule has 2 aliphatic heterocycles. The van der Waals surface area contributed by atoms with E-state index in [4.69, 9.17) is 4.74 Å². The number of fused-ring (bicyclic) bond motifs is 19. The summed E-state index contributed by atoms with van der Waals surface area (Å²) in [6.45, 7) is 0. The van der Waals surface area contributed by atoms with Crippen LogP contribution in [0.15, 0.2) is 283 Å². The fourth-order valence-corrected chi connectivity index (χ4v) is 14.7. The molecule has 2 spiro atoms. The Morgan fingerprint density at radius 3 is 1.43 bits per heavy atom. The Morgan fingerprint density at radius 1 is 0.293 bits per heavy atom. The molecule has 0 unspecified atom stereocenters. The van der Waals surface area contributed by atoms with Gasteiger partial charge in [-0.25, -0.2) is 0 Å². The molecule has 0 aromatic heterocycles. The maximum Gasteiger partial charge on any atom is 0.132 e. The molecule has 4 aliphatic rings. The molecule has 0 N–H and O–H groups in total. The zero-order valence-corrected chi connectivity index (χ0v) is 41.6. The van der Waals surface area contributed by atoms with Crippen LogP contribution < -0.4 is 9.64 Å². The van der Waals surface area contributed by atoms with Crippen molar-refractivity contribution in [2.45, 2.75) is 20.6 Å². The van der Waals surface area contributed by atoms with E-state index in [1.807, 2.05) is 11.8 Å². The Bertz CT molecular complexity index is 4220. The molecular formula is C72H45NOS. The highest BCUT2D eigenvalue weighted by Gasteiger charge is 2.53. The van der Waals surface area contributed by atoms with E-state index >= 15 is 0 Å². The predicted molar refractivity (Wildman–Crippen MR) is 308 cm³/mol. The predicted octanol–water partition coefficient (Wildman–Crippen LogP) is 18.9. The van der Waals surface area contributed by atoms with Gasteiger partial charge in [-0.05, 0) is 150 Å². The van der Waals surface area contributed by atoms with Crippen molar-refractivity contribution in [3.8, 4) is 56.0 Å². The second kappa shape index (κ2) is 16.2. The Hall–Kier alpha value is -9.15. The van der Waals surface area contributed by atoms with Gasteiger partial charge < -0.3 is 9.64 Å². The number of para-hydroxylation sites is 2. The fourth-order valence-electron chi connectivity index (χ4n) is 13.5. The third kappa shape index (κ3) is 5.93. The zero-order chi connectivity index (χ0) is 49.2. The number of nitrogens with zero attached hydrogens (tertiary/aromatic N) is 1. The minimum atomic E-state index is -0.629. The van der Waals surface area contributed by atoms with Crippen molar-refractivity contribution >= 4 is 39.6 Å². The van der Waals surface area contributed by atoms with Gasteiger partial charge in [0.25, 0.3) is 0 Å². The molecule has 0 radical (unpaired) electrons. The maximum atomic E-state index is 6.79. The van der Waals surface area contributed by atoms with Gasteiger partial charge in [0, 0.05) is 37.9 Å². The smallest absolute Gasteiger partial charge is 0.132 e. The Labute approximate surface area is 440 Å². The molecule has 0 amide bonds. The van der Waals surface area contributed by atoms with Gasteiger partial charge in [-0.15, -0.1) is 0 Å². The summed E-state index contributed by atoms with van der Waals surface area (Å²) in [4.78, 5) is 5.12. The van der Waals surface area contributed by atoms with Crippen LogP contribution in [0.4, 0.5) is 17.1 Å². The van der Waals surface area contributed by atoms with Crippen LogP contribution in [0, 0.1) is 0 Å². The van der Waals surface area contributed by atoms with Crippen LogP contribution in [-0.2, 0) is 10.8 Å². The van der Waals surface area contributed by atoms with E-state index in [0.29, 0.717) is 0 Å². The number of ether oxygens (including phenoxy) is 1. The molecule has 2 aliphatic carbocycles. The molecule has 12 aromatic rings. The molecule has 0 saturated heterocycles. The molecule has 75 heavy (non-hydrogen) atoms. The van der Waals surface area contributed by atoms with E-state index in [9.17, 15) is 0 Å². The van der Waals surface area contributed by atoms with Crippen molar-refractivity contribution in [1.29, 1.82) is 0 Å². The lowest BCUT2D eigenvalue weighted by Crippen LogP contribution is -2.32. The third-order valence-electron chi connectivity index (χ3n) is 16.6. The Morgan fingerprint density at radius 2 is 0.760 bits per heavy atom. The highest BCUT2D eigenvalue weighted by Crippen LogP contribution is 2.66. The van der Waals surface area contributed by atoms with Crippen LogP contribution in [0.5, 0.6) is 11.5 Å². The van der Waals surface area contributed by atoms with E-state index in [0.717, 1.165) is 39.7 Å². The first-order valence-electron chi connectivity index (χ1n) is 25.9. The van der Waals surface area contributed by atoms with Crippen molar-refractivity contribution < 1.29 is 4.74 Å². The van der Waals surface area contributed by atoms with Crippen molar-refractivity contribution in [3.63, 3.8) is 0 Å². The van der Waals surface area contributed by atoms with Gasteiger partial charge in [-0.1, -0.05) is 218 Å². The summed E-state index contributed by atoms with van der Waals surface area (Å²) in [6.07, 6.45) is 0. The number of hydrogen-bond acceptors (Lipinski definition) is 3. The summed E-state index contributed by atoms with van der Waals surface area (Å²) in [5, 5.41) is 2.46. The van der Waals surface area contributed by atoms with Crippen LogP contribution >= 0.6 is 11.8 Å². The van der Waals surface area contributed by atoms with Crippen LogP contribution in [0.25, 0.3) is 55.3 Å². The van der Waals surface area contributed by atoms with E-state index < -0.39 is 10.8 Å². The Kier molecular flexibility index (Phi) is 9.14. The molecular weight excluding hydrogens is 927 g/mol. The molecule has 0 bridgehead atoms. The van der Waals surface area contributed by atoms with Crippen LogP contribution in [-0.4, -0.2) is 0 Å². The van der Waals surface area contributed by atoms with E-state index in [2.05, 4.69) is 278 Å². The van der Waals surface area contributed by atoms with Crippen molar-refractivity contribution in [2.75, 3.05) is 4.90 Å². The average Bonchev–Trinajstić information content (AvgIpc) is 4.13. The summed E-state index contributed by atoms with van der Waals surface area (Å²) in [6, 6.07) is 102. The number of hydrogen-bond donors (Lipinski definition) is 0. The van der Waals surface area contributed by atoms with Crippen LogP contribution in [0.3, 0.4) is 0 Å². The quantitative estimate of drug-likeness (QED) is 0.171. The minimum absolute atomic E-state index is 0.566. The molecule has 0 fully saturated rings. The van der Waals surface area contributed by atoms with Crippen LogP contribution in [0.1, 0.15) is 44.5 Å². The fraction of sp³-hybridized carbons (Fsp3) is 0.0278. The average molecular weight is 972 g/mol. The molecule has 16 rings (SSSR count). The minimum Gasteiger partial charge on any atom is -0.457 e. The molecule has 0 atom stereocenters. The van der Waals surface area contributed by atoms with Gasteiger partial charge in [0.1, 0.15) is 11.5 Å². The topological polar surface area (TPSA) is 12.5 Å². The highest BCUT2D eigenvalue weighted by molar-refractivity contribution is 7.99. The molecule has 2 heterocycles.